The Morgan fingerprint density at radius 1 is 1.86 bits per heavy atom. The lowest BCUT2D eigenvalue weighted by Crippen LogP contribution is -1.94. The van der Waals surface area contributed by atoms with Crippen LogP contribution in [-0.2, 0) is 4.79 Å². The molecule has 0 aromatic heterocycles. The van der Waals surface area contributed by atoms with Gasteiger partial charge in [-0.3, -0.25) is 0 Å². The molecule has 0 spiro atoms. The van der Waals surface area contributed by atoms with E-state index in [0.717, 1.165) is 0 Å². The van der Waals surface area contributed by atoms with Crippen molar-refractivity contribution in [3.63, 3.8) is 0 Å². The molecular formula is C5H7O2. The Hall–Kier alpha value is -0.790. The summed E-state index contributed by atoms with van der Waals surface area (Å²) in [7, 11) is 0. The SMILES string of the molecule is [CH2]/C=C(\C)C(=O)O. The van der Waals surface area contributed by atoms with Crippen LogP contribution in [0.3, 0.4) is 0 Å². The van der Waals surface area contributed by atoms with Crippen LogP contribution in [0.2, 0.25) is 0 Å². The van der Waals surface area contributed by atoms with E-state index in [0.29, 0.717) is 0 Å². The number of rotatable bonds is 1. The summed E-state index contributed by atoms with van der Waals surface area (Å²) >= 11 is 0. The van der Waals surface area contributed by atoms with Crippen molar-refractivity contribution >= 4 is 5.97 Å². The van der Waals surface area contributed by atoms with Crippen LogP contribution in [-0.4, -0.2) is 11.1 Å². The number of carboxylic acid groups (broad SMARTS) is 1. The van der Waals surface area contributed by atoms with Crippen LogP contribution in [0.25, 0.3) is 0 Å². The van der Waals surface area contributed by atoms with Gasteiger partial charge in [-0.05, 0) is 13.8 Å². The van der Waals surface area contributed by atoms with Gasteiger partial charge in [-0.25, -0.2) is 4.79 Å². The first-order valence-electron chi connectivity index (χ1n) is 1.87. The van der Waals surface area contributed by atoms with Crippen molar-refractivity contribution in [3.05, 3.63) is 18.6 Å². The van der Waals surface area contributed by atoms with E-state index in [4.69, 9.17) is 5.11 Å². The predicted molar refractivity (Wildman–Crippen MR) is 26.7 cm³/mol. The standard InChI is InChI=1S/C5H7O2/c1-3-4(2)5(6)7/h3H,1H2,2H3,(H,6,7)/b4-3+. The second-order valence-corrected chi connectivity index (χ2v) is 1.19. The minimum Gasteiger partial charge on any atom is -0.478 e. The largest absolute Gasteiger partial charge is 0.478 e. The lowest BCUT2D eigenvalue weighted by molar-refractivity contribution is -0.132. The Bertz CT molecular complexity index is 103. The van der Waals surface area contributed by atoms with E-state index in [2.05, 4.69) is 6.92 Å². The molecule has 2 nitrogen and oxygen atoms in total. The maximum atomic E-state index is 9.82. The van der Waals surface area contributed by atoms with Crippen molar-refractivity contribution in [3.8, 4) is 0 Å². The molecule has 0 aliphatic heterocycles. The summed E-state index contributed by atoms with van der Waals surface area (Å²) < 4.78 is 0. The summed E-state index contributed by atoms with van der Waals surface area (Å²) in [5, 5.41) is 8.07. The maximum Gasteiger partial charge on any atom is 0.330 e. The first-order valence-corrected chi connectivity index (χ1v) is 1.87. The van der Waals surface area contributed by atoms with Gasteiger partial charge >= 0.3 is 5.97 Å². The van der Waals surface area contributed by atoms with Gasteiger partial charge in [-0.15, -0.1) is 0 Å². The van der Waals surface area contributed by atoms with E-state index in [1.807, 2.05) is 0 Å². The monoisotopic (exact) mass is 99.0 g/mol. The molecule has 0 aliphatic carbocycles. The van der Waals surface area contributed by atoms with Crippen molar-refractivity contribution in [1.82, 2.24) is 0 Å². The predicted octanol–water partition coefficient (Wildman–Crippen LogP) is 0.851. The van der Waals surface area contributed by atoms with Crippen LogP contribution >= 0.6 is 0 Å². The molecule has 0 atom stereocenters. The fourth-order valence-corrected chi connectivity index (χ4v) is 0.0873. The Morgan fingerprint density at radius 2 is 2.29 bits per heavy atom. The number of hydrogen-bond acceptors (Lipinski definition) is 1. The molecule has 0 aliphatic rings. The average Bonchev–Trinajstić information content (AvgIpc) is 1.65. The van der Waals surface area contributed by atoms with Gasteiger partial charge in [0, 0.05) is 5.57 Å². The molecule has 0 bridgehead atoms. The Labute approximate surface area is 42.5 Å². The van der Waals surface area contributed by atoms with Crippen LogP contribution in [0.1, 0.15) is 6.92 Å². The zero-order valence-corrected chi connectivity index (χ0v) is 4.14. The summed E-state index contributed by atoms with van der Waals surface area (Å²) in [6.07, 6.45) is 1.31. The average molecular weight is 99.1 g/mol. The molecule has 0 rings (SSSR count). The third-order valence-electron chi connectivity index (χ3n) is 0.644. The Morgan fingerprint density at radius 3 is 2.29 bits per heavy atom. The molecule has 0 saturated heterocycles. The fraction of sp³-hybridized carbons (Fsp3) is 0.200. The highest BCUT2D eigenvalue weighted by molar-refractivity contribution is 5.85. The molecule has 0 saturated carbocycles. The normalized spacial score (nSPS) is 11.4. The van der Waals surface area contributed by atoms with Crippen LogP contribution in [0.5, 0.6) is 0 Å². The van der Waals surface area contributed by atoms with E-state index in [-0.39, 0.29) is 5.57 Å². The van der Waals surface area contributed by atoms with Crippen molar-refractivity contribution in [2.24, 2.45) is 0 Å². The number of allylic oxidation sites excluding steroid dienone is 1. The molecule has 1 radical (unpaired) electrons. The fourth-order valence-electron chi connectivity index (χ4n) is 0.0873. The molecule has 0 aromatic carbocycles. The highest BCUT2D eigenvalue weighted by Crippen LogP contribution is 1.87. The lowest BCUT2D eigenvalue weighted by Gasteiger charge is -1.83. The first-order chi connectivity index (χ1) is 3.18. The van der Waals surface area contributed by atoms with E-state index >= 15 is 0 Å². The summed E-state index contributed by atoms with van der Waals surface area (Å²) in [5.41, 5.74) is 0.278. The number of carbonyl (C=O) groups is 1. The third kappa shape index (κ3) is 1.98. The van der Waals surface area contributed by atoms with Gasteiger partial charge < -0.3 is 5.11 Å². The van der Waals surface area contributed by atoms with Gasteiger partial charge in [0.15, 0.2) is 0 Å². The Balaban J connectivity index is 3.82. The van der Waals surface area contributed by atoms with Gasteiger partial charge in [0.2, 0.25) is 0 Å². The molecule has 0 amide bonds. The molecule has 2 heteroatoms. The number of aliphatic carboxylic acids is 1. The molecular weight excluding hydrogens is 92.1 g/mol. The van der Waals surface area contributed by atoms with Gasteiger partial charge in [0.05, 0.1) is 0 Å². The molecule has 0 fully saturated rings. The zero-order chi connectivity index (χ0) is 5.86. The molecule has 0 unspecified atom stereocenters. The second kappa shape index (κ2) is 2.39. The van der Waals surface area contributed by atoms with Crippen molar-refractivity contribution in [2.45, 2.75) is 6.92 Å². The summed E-state index contributed by atoms with van der Waals surface area (Å²) in [6, 6.07) is 0. The van der Waals surface area contributed by atoms with Crippen LogP contribution in [0.4, 0.5) is 0 Å². The van der Waals surface area contributed by atoms with E-state index in [9.17, 15) is 4.79 Å². The minimum atomic E-state index is -0.907. The van der Waals surface area contributed by atoms with E-state index < -0.39 is 5.97 Å². The first kappa shape index (κ1) is 6.21. The molecule has 0 heterocycles. The Kier molecular flexibility index (Phi) is 2.12. The van der Waals surface area contributed by atoms with Gasteiger partial charge in [0.25, 0.3) is 0 Å². The third-order valence-corrected chi connectivity index (χ3v) is 0.644. The zero-order valence-electron chi connectivity index (χ0n) is 4.14. The molecule has 1 N–H and O–H groups in total. The smallest absolute Gasteiger partial charge is 0.330 e. The summed E-state index contributed by atoms with van der Waals surface area (Å²) in [4.78, 5) is 9.82. The second-order valence-electron chi connectivity index (χ2n) is 1.19. The van der Waals surface area contributed by atoms with E-state index in [1.54, 1.807) is 0 Å². The quantitative estimate of drug-likeness (QED) is 0.495. The van der Waals surface area contributed by atoms with Crippen LogP contribution in [0, 0.1) is 6.92 Å². The van der Waals surface area contributed by atoms with Gasteiger partial charge in [0.1, 0.15) is 0 Å². The molecule has 0 aromatic rings. The highest BCUT2D eigenvalue weighted by atomic mass is 16.4. The van der Waals surface area contributed by atoms with Crippen LogP contribution in [0.15, 0.2) is 11.6 Å². The molecule has 7 heavy (non-hydrogen) atoms. The number of hydrogen-bond donors (Lipinski definition) is 1. The molecule has 39 valence electrons. The van der Waals surface area contributed by atoms with Crippen LogP contribution < -0.4 is 0 Å². The van der Waals surface area contributed by atoms with Crippen molar-refractivity contribution in [2.75, 3.05) is 0 Å². The van der Waals surface area contributed by atoms with Gasteiger partial charge in [-0.1, -0.05) is 6.08 Å². The summed E-state index contributed by atoms with van der Waals surface area (Å²) in [6.45, 7) is 4.76. The minimum absolute atomic E-state index is 0.278. The number of carboxylic acids is 1. The van der Waals surface area contributed by atoms with Crippen molar-refractivity contribution < 1.29 is 9.90 Å². The summed E-state index contributed by atoms with van der Waals surface area (Å²) in [5.74, 6) is -0.907. The van der Waals surface area contributed by atoms with Crippen molar-refractivity contribution in [1.29, 1.82) is 0 Å². The maximum absolute atomic E-state index is 9.82. The highest BCUT2D eigenvalue weighted by Gasteiger charge is 1.93. The lowest BCUT2D eigenvalue weighted by atomic mass is 10.3. The topological polar surface area (TPSA) is 37.3 Å². The van der Waals surface area contributed by atoms with E-state index in [1.165, 1.54) is 13.0 Å². The van der Waals surface area contributed by atoms with Gasteiger partial charge in [-0.2, -0.15) is 0 Å².